The van der Waals surface area contributed by atoms with Crippen molar-refractivity contribution in [2.24, 2.45) is 0 Å². The third kappa shape index (κ3) is 1.80. The summed E-state index contributed by atoms with van der Waals surface area (Å²) in [5.74, 6) is 0.157. The zero-order valence-electron chi connectivity index (χ0n) is 6.27. The average Bonchev–Trinajstić information content (AvgIpc) is 1.98. The van der Waals surface area contributed by atoms with Crippen molar-refractivity contribution in [1.82, 2.24) is 0 Å². The highest BCUT2D eigenvalue weighted by Crippen LogP contribution is 2.26. The lowest BCUT2D eigenvalue weighted by Gasteiger charge is -2.08. The molecule has 0 aliphatic rings. The van der Waals surface area contributed by atoms with E-state index in [9.17, 15) is 0 Å². The summed E-state index contributed by atoms with van der Waals surface area (Å²) in [5.41, 5.74) is 11.4. The molecule has 6 heteroatoms. The Kier molecular flexibility index (Phi) is 2.42. The number of hydrogen-bond donors (Lipinski definition) is 4. The number of hydrogen-bond acceptors (Lipinski definition) is 5. The van der Waals surface area contributed by atoms with Gasteiger partial charge in [0.05, 0.1) is 11.4 Å². The molecule has 1 rings (SSSR count). The predicted octanol–water partition coefficient (Wildman–Crippen LogP) is -0.801. The standard InChI is InChI=1S/C6H9BN2O3/c8-4-2-1-3-5(6(4)9)12-7(10)11/h1-3,10-11H,8-9H2. The molecule has 1 aromatic carbocycles. The molecule has 0 fully saturated rings. The summed E-state index contributed by atoms with van der Waals surface area (Å²) in [5, 5.41) is 16.9. The molecular formula is C6H9BN2O3. The Morgan fingerprint density at radius 3 is 2.50 bits per heavy atom. The van der Waals surface area contributed by atoms with E-state index in [0.29, 0.717) is 5.69 Å². The Hall–Kier alpha value is -1.40. The Morgan fingerprint density at radius 2 is 1.92 bits per heavy atom. The highest BCUT2D eigenvalue weighted by atomic mass is 16.6. The van der Waals surface area contributed by atoms with E-state index >= 15 is 0 Å². The van der Waals surface area contributed by atoms with Crippen LogP contribution in [0.2, 0.25) is 0 Å². The van der Waals surface area contributed by atoms with Crippen LogP contribution in [0.15, 0.2) is 18.2 Å². The van der Waals surface area contributed by atoms with E-state index in [1.54, 1.807) is 12.1 Å². The Labute approximate surface area is 69.7 Å². The fourth-order valence-electron chi connectivity index (χ4n) is 0.777. The number of nitrogen functional groups attached to an aromatic ring is 2. The normalized spacial score (nSPS) is 9.50. The van der Waals surface area contributed by atoms with Gasteiger partial charge in [-0.05, 0) is 12.1 Å². The minimum atomic E-state index is -1.88. The molecule has 0 bridgehead atoms. The zero-order valence-corrected chi connectivity index (χ0v) is 6.27. The second-order valence-corrected chi connectivity index (χ2v) is 2.20. The number of nitrogens with two attached hydrogens (primary N) is 2. The summed E-state index contributed by atoms with van der Waals surface area (Å²) in [6.07, 6.45) is 0. The number of benzene rings is 1. The molecule has 0 unspecified atom stereocenters. The second-order valence-electron chi connectivity index (χ2n) is 2.20. The average molecular weight is 168 g/mol. The van der Waals surface area contributed by atoms with Crippen molar-refractivity contribution in [3.8, 4) is 5.75 Å². The van der Waals surface area contributed by atoms with Crippen molar-refractivity contribution in [2.45, 2.75) is 0 Å². The van der Waals surface area contributed by atoms with Gasteiger partial charge in [0.2, 0.25) is 0 Å². The molecule has 0 aromatic heterocycles. The largest absolute Gasteiger partial charge is 0.707 e. The maximum atomic E-state index is 8.46. The van der Waals surface area contributed by atoms with Crippen LogP contribution in [0.4, 0.5) is 11.4 Å². The fraction of sp³-hybridized carbons (Fsp3) is 0. The number of anilines is 2. The van der Waals surface area contributed by atoms with Gasteiger partial charge in [-0.2, -0.15) is 0 Å². The van der Waals surface area contributed by atoms with E-state index < -0.39 is 7.32 Å². The van der Waals surface area contributed by atoms with Crippen LogP contribution in [0.25, 0.3) is 0 Å². The van der Waals surface area contributed by atoms with Gasteiger partial charge in [0.1, 0.15) is 5.75 Å². The highest BCUT2D eigenvalue weighted by Gasteiger charge is 2.13. The summed E-state index contributed by atoms with van der Waals surface area (Å²) < 4.78 is 4.53. The molecule has 0 amide bonds. The van der Waals surface area contributed by atoms with Gasteiger partial charge >= 0.3 is 7.32 Å². The van der Waals surface area contributed by atoms with E-state index in [2.05, 4.69) is 4.65 Å². The SMILES string of the molecule is Nc1cccc(OB(O)O)c1N. The van der Waals surface area contributed by atoms with Gasteiger partial charge in [-0.15, -0.1) is 0 Å². The molecule has 0 saturated heterocycles. The number of rotatable bonds is 2. The maximum absolute atomic E-state index is 8.46. The fourth-order valence-corrected chi connectivity index (χ4v) is 0.777. The summed E-state index contributed by atoms with van der Waals surface area (Å²) in [6, 6.07) is 4.68. The van der Waals surface area contributed by atoms with Gasteiger partial charge in [0.25, 0.3) is 0 Å². The lowest BCUT2D eigenvalue weighted by molar-refractivity contribution is 0.289. The molecule has 0 atom stereocenters. The molecule has 5 nitrogen and oxygen atoms in total. The number of para-hydroxylation sites is 1. The van der Waals surface area contributed by atoms with E-state index in [1.165, 1.54) is 6.07 Å². The van der Waals surface area contributed by atoms with Crippen LogP contribution in [0.5, 0.6) is 5.75 Å². The molecule has 0 heterocycles. The minimum absolute atomic E-state index is 0.157. The molecule has 12 heavy (non-hydrogen) atoms. The van der Waals surface area contributed by atoms with Gasteiger partial charge in [0.15, 0.2) is 0 Å². The van der Waals surface area contributed by atoms with Crippen molar-refractivity contribution >= 4 is 18.7 Å². The molecule has 0 radical (unpaired) electrons. The van der Waals surface area contributed by atoms with Crippen molar-refractivity contribution in [2.75, 3.05) is 11.5 Å². The molecule has 0 aliphatic heterocycles. The first-order valence-corrected chi connectivity index (χ1v) is 3.28. The van der Waals surface area contributed by atoms with Crippen LogP contribution in [-0.2, 0) is 0 Å². The first kappa shape index (κ1) is 8.70. The molecular weight excluding hydrogens is 159 g/mol. The third-order valence-corrected chi connectivity index (χ3v) is 1.33. The molecule has 0 aliphatic carbocycles. The van der Waals surface area contributed by atoms with Gasteiger partial charge in [-0.1, -0.05) is 6.07 Å². The third-order valence-electron chi connectivity index (χ3n) is 1.33. The Bertz CT molecular complexity index is 279. The smallest absolute Gasteiger partial charge is 0.510 e. The quantitative estimate of drug-likeness (QED) is 0.342. The van der Waals surface area contributed by atoms with Gasteiger partial charge in [-0.25, -0.2) is 0 Å². The zero-order chi connectivity index (χ0) is 9.14. The Balaban J connectivity index is 2.92. The van der Waals surface area contributed by atoms with Crippen LogP contribution in [-0.4, -0.2) is 17.4 Å². The van der Waals surface area contributed by atoms with Crippen LogP contribution in [0.3, 0.4) is 0 Å². The summed E-state index contributed by atoms with van der Waals surface area (Å²) in [6.45, 7) is 0. The highest BCUT2D eigenvalue weighted by molar-refractivity contribution is 6.34. The molecule has 64 valence electrons. The summed E-state index contributed by atoms with van der Waals surface area (Å²) in [4.78, 5) is 0. The molecule has 0 saturated carbocycles. The Morgan fingerprint density at radius 1 is 1.25 bits per heavy atom. The monoisotopic (exact) mass is 168 g/mol. The van der Waals surface area contributed by atoms with Crippen LogP contribution in [0, 0.1) is 0 Å². The molecule has 0 spiro atoms. The lowest BCUT2D eigenvalue weighted by Crippen LogP contribution is -2.21. The maximum Gasteiger partial charge on any atom is 0.707 e. The first-order valence-electron chi connectivity index (χ1n) is 3.28. The topological polar surface area (TPSA) is 102 Å². The van der Waals surface area contributed by atoms with E-state index in [4.69, 9.17) is 21.5 Å². The molecule has 6 N–H and O–H groups in total. The van der Waals surface area contributed by atoms with Gasteiger partial charge in [-0.3, -0.25) is 0 Å². The summed E-state index contributed by atoms with van der Waals surface area (Å²) in [7, 11) is -1.88. The lowest BCUT2D eigenvalue weighted by atomic mass is 10.2. The van der Waals surface area contributed by atoms with Crippen molar-refractivity contribution < 1.29 is 14.7 Å². The first-order chi connectivity index (χ1) is 5.61. The van der Waals surface area contributed by atoms with Gasteiger partial charge in [0, 0.05) is 0 Å². The predicted molar refractivity (Wildman–Crippen MR) is 46.1 cm³/mol. The molecule has 1 aromatic rings. The van der Waals surface area contributed by atoms with Crippen molar-refractivity contribution in [3.63, 3.8) is 0 Å². The van der Waals surface area contributed by atoms with Gasteiger partial charge < -0.3 is 26.2 Å². The van der Waals surface area contributed by atoms with E-state index in [0.717, 1.165) is 0 Å². The van der Waals surface area contributed by atoms with Crippen LogP contribution < -0.4 is 16.1 Å². The van der Waals surface area contributed by atoms with Crippen LogP contribution >= 0.6 is 0 Å². The van der Waals surface area contributed by atoms with Crippen molar-refractivity contribution in [1.29, 1.82) is 0 Å². The summed E-state index contributed by atoms with van der Waals surface area (Å²) >= 11 is 0. The van der Waals surface area contributed by atoms with E-state index in [-0.39, 0.29) is 11.4 Å². The van der Waals surface area contributed by atoms with Crippen LogP contribution in [0.1, 0.15) is 0 Å². The second kappa shape index (κ2) is 3.33. The minimum Gasteiger partial charge on any atom is -0.510 e. The van der Waals surface area contributed by atoms with E-state index in [1.807, 2.05) is 0 Å². The van der Waals surface area contributed by atoms with Crippen molar-refractivity contribution in [3.05, 3.63) is 18.2 Å².